The number of aliphatic carboxylic acids is 1. The maximum atomic E-state index is 11.5. The molecule has 0 aromatic carbocycles. The van der Waals surface area contributed by atoms with Crippen molar-refractivity contribution in [2.24, 2.45) is 5.92 Å². The van der Waals surface area contributed by atoms with Gasteiger partial charge in [-0.1, -0.05) is 12.8 Å². The molecule has 1 saturated carbocycles. The summed E-state index contributed by atoms with van der Waals surface area (Å²) in [5, 5.41) is 9.48. The summed E-state index contributed by atoms with van der Waals surface area (Å²) < 4.78 is 5.64. The molecule has 1 saturated heterocycles. The number of nitrogens with zero attached hydrogens (tertiary/aromatic N) is 2. The number of carbonyl (C=O) groups is 1. The van der Waals surface area contributed by atoms with Gasteiger partial charge in [0.1, 0.15) is 11.8 Å². The summed E-state index contributed by atoms with van der Waals surface area (Å²) in [5.74, 6) is 1.30. The highest BCUT2D eigenvalue weighted by Gasteiger charge is 2.45. The van der Waals surface area contributed by atoms with Gasteiger partial charge in [-0.15, -0.1) is 0 Å². The number of oxazole rings is 1. The van der Waals surface area contributed by atoms with E-state index in [9.17, 15) is 9.90 Å². The minimum Gasteiger partial charge on any atom is -0.480 e. The number of likely N-dealkylation sites (tertiary alicyclic amines) is 1. The van der Waals surface area contributed by atoms with E-state index in [4.69, 9.17) is 4.42 Å². The summed E-state index contributed by atoms with van der Waals surface area (Å²) in [4.78, 5) is 18.0. The molecule has 1 aliphatic carbocycles. The molecule has 0 amide bonds. The molecule has 2 aliphatic rings. The van der Waals surface area contributed by atoms with Gasteiger partial charge >= 0.3 is 5.97 Å². The molecule has 5 nitrogen and oxygen atoms in total. The van der Waals surface area contributed by atoms with Crippen LogP contribution in [0.1, 0.15) is 49.4 Å². The van der Waals surface area contributed by atoms with E-state index in [1.807, 2.05) is 13.8 Å². The van der Waals surface area contributed by atoms with Gasteiger partial charge in [0.2, 0.25) is 5.89 Å². The first kappa shape index (κ1) is 13.6. The van der Waals surface area contributed by atoms with E-state index in [0.717, 1.165) is 30.7 Å². The average Bonchev–Trinajstić information content (AvgIpc) is 2.92. The number of carboxylic acids is 1. The lowest BCUT2D eigenvalue weighted by molar-refractivity contribution is -0.143. The molecule has 110 valence electrons. The monoisotopic (exact) mass is 278 g/mol. The lowest BCUT2D eigenvalue weighted by Gasteiger charge is -2.32. The van der Waals surface area contributed by atoms with E-state index in [-0.39, 0.29) is 6.04 Å². The van der Waals surface area contributed by atoms with Crippen molar-refractivity contribution in [1.29, 1.82) is 0 Å². The SMILES string of the molecule is Cc1nc(CN2[C@H](C(=O)O)C[C@@H]3CCCC[C@@H]32)oc1C. The third-order valence-electron chi connectivity index (χ3n) is 4.90. The Labute approximate surface area is 119 Å². The Balaban J connectivity index is 1.81. The van der Waals surface area contributed by atoms with Crippen LogP contribution in [0.5, 0.6) is 0 Å². The van der Waals surface area contributed by atoms with Crippen LogP contribution in [0, 0.1) is 19.8 Å². The molecule has 5 heteroatoms. The van der Waals surface area contributed by atoms with Crippen LogP contribution in [0.2, 0.25) is 0 Å². The molecular weight excluding hydrogens is 256 g/mol. The highest BCUT2D eigenvalue weighted by atomic mass is 16.4. The van der Waals surface area contributed by atoms with Crippen molar-refractivity contribution in [3.8, 4) is 0 Å². The number of fused-ring (bicyclic) bond motifs is 1. The Morgan fingerprint density at radius 3 is 2.80 bits per heavy atom. The predicted octanol–water partition coefficient (Wildman–Crippen LogP) is 2.51. The van der Waals surface area contributed by atoms with Crippen molar-refractivity contribution in [2.45, 2.75) is 64.6 Å². The highest BCUT2D eigenvalue weighted by Crippen LogP contribution is 2.40. The van der Waals surface area contributed by atoms with Crippen molar-refractivity contribution in [3.05, 3.63) is 17.3 Å². The van der Waals surface area contributed by atoms with E-state index in [1.165, 1.54) is 12.8 Å². The van der Waals surface area contributed by atoms with Gasteiger partial charge in [-0.25, -0.2) is 4.98 Å². The highest BCUT2D eigenvalue weighted by molar-refractivity contribution is 5.74. The van der Waals surface area contributed by atoms with Crippen LogP contribution < -0.4 is 0 Å². The molecule has 1 aromatic rings. The molecule has 1 aliphatic heterocycles. The van der Waals surface area contributed by atoms with Gasteiger partial charge in [-0.3, -0.25) is 9.69 Å². The number of hydrogen-bond acceptors (Lipinski definition) is 4. The largest absolute Gasteiger partial charge is 0.480 e. The van der Waals surface area contributed by atoms with Crippen LogP contribution in [0.4, 0.5) is 0 Å². The van der Waals surface area contributed by atoms with Crippen LogP contribution in [0.15, 0.2) is 4.42 Å². The smallest absolute Gasteiger partial charge is 0.320 e. The molecule has 3 rings (SSSR count). The van der Waals surface area contributed by atoms with E-state index in [0.29, 0.717) is 24.4 Å². The Bertz CT molecular complexity index is 492. The molecule has 1 aromatic heterocycles. The van der Waals surface area contributed by atoms with Crippen LogP contribution in [-0.2, 0) is 11.3 Å². The van der Waals surface area contributed by atoms with Gasteiger partial charge in [0.25, 0.3) is 0 Å². The van der Waals surface area contributed by atoms with E-state index in [1.54, 1.807) is 0 Å². The molecule has 20 heavy (non-hydrogen) atoms. The summed E-state index contributed by atoms with van der Waals surface area (Å²) in [7, 11) is 0. The normalized spacial score (nSPS) is 30.4. The van der Waals surface area contributed by atoms with Crippen molar-refractivity contribution in [1.82, 2.24) is 9.88 Å². The van der Waals surface area contributed by atoms with E-state index in [2.05, 4.69) is 9.88 Å². The van der Waals surface area contributed by atoms with Gasteiger partial charge in [0.05, 0.1) is 12.2 Å². The summed E-state index contributed by atoms with van der Waals surface area (Å²) >= 11 is 0. The first-order valence-corrected chi connectivity index (χ1v) is 7.47. The first-order chi connectivity index (χ1) is 9.56. The van der Waals surface area contributed by atoms with Crippen molar-refractivity contribution < 1.29 is 14.3 Å². The second-order valence-electron chi connectivity index (χ2n) is 6.12. The second-order valence-corrected chi connectivity index (χ2v) is 6.12. The van der Waals surface area contributed by atoms with Gasteiger partial charge < -0.3 is 9.52 Å². The zero-order valence-corrected chi connectivity index (χ0v) is 12.1. The molecule has 2 heterocycles. The summed E-state index contributed by atoms with van der Waals surface area (Å²) in [5.41, 5.74) is 0.895. The molecule has 2 fully saturated rings. The number of hydrogen-bond donors (Lipinski definition) is 1. The summed E-state index contributed by atoms with van der Waals surface area (Å²) in [6.45, 7) is 4.34. The molecule has 0 spiro atoms. The molecule has 0 unspecified atom stereocenters. The van der Waals surface area contributed by atoms with Gasteiger partial charge in [-0.2, -0.15) is 0 Å². The number of rotatable bonds is 3. The Morgan fingerprint density at radius 1 is 1.40 bits per heavy atom. The zero-order chi connectivity index (χ0) is 14.3. The average molecular weight is 278 g/mol. The summed E-state index contributed by atoms with van der Waals surface area (Å²) in [6.07, 6.45) is 5.48. The quantitative estimate of drug-likeness (QED) is 0.920. The summed E-state index contributed by atoms with van der Waals surface area (Å²) in [6, 6.07) is 0.00738. The maximum absolute atomic E-state index is 11.5. The lowest BCUT2D eigenvalue weighted by atomic mass is 9.85. The number of aromatic nitrogens is 1. The first-order valence-electron chi connectivity index (χ1n) is 7.47. The zero-order valence-electron chi connectivity index (χ0n) is 12.1. The molecule has 1 N–H and O–H groups in total. The standard InChI is InChI=1S/C15H22N2O3/c1-9-10(2)20-14(16-9)8-17-12-6-4-3-5-11(12)7-13(17)15(18)19/h11-13H,3-8H2,1-2H3,(H,18,19)/t11-,12-,13-/m0/s1. The second kappa shape index (κ2) is 5.20. The van der Waals surface area contributed by atoms with E-state index < -0.39 is 5.97 Å². The fraction of sp³-hybridized carbons (Fsp3) is 0.733. The van der Waals surface area contributed by atoms with Crippen molar-refractivity contribution in [2.75, 3.05) is 0 Å². The molecule has 0 radical (unpaired) electrons. The molecule has 0 bridgehead atoms. The van der Waals surface area contributed by atoms with Crippen LogP contribution in [0.25, 0.3) is 0 Å². The topological polar surface area (TPSA) is 66.6 Å². The molecular formula is C15H22N2O3. The Hall–Kier alpha value is -1.36. The number of aryl methyl sites for hydroxylation is 2. The fourth-order valence-electron chi connectivity index (χ4n) is 3.79. The van der Waals surface area contributed by atoms with E-state index >= 15 is 0 Å². The predicted molar refractivity (Wildman–Crippen MR) is 73.3 cm³/mol. The Kier molecular flexibility index (Phi) is 3.54. The lowest BCUT2D eigenvalue weighted by Crippen LogP contribution is -2.41. The minimum absolute atomic E-state index is 0.379. The van der Waals surface area contributed by atoms with Gasteiger partial charge in [0, 0.05) is 6.04 Å². The minimum atomic E-state index is -0.709. The van der Waals surface area contributed by atoms with Crippen LogP contribution in [-0.4, -0.2) is 33.0 Å². The van der Waals surface area contributed by atoms with Crippen LogP contribution >= 0.6 is 0 Å². The fourth-order valence-corrected chi connectivity index (χ4v) is 3.79. The maximum Gasteiger partial charge on any atom is 0.320 e. The van der Waals surface area contributed by atoms with Gasteiger partial charge in [-0.05, 0) is 39.0 Å². The Morgan fingerprint density at radius 2 is 2.15 bits per heavy atom. The van der Waals surface area contributed by atoms with Crippen molar-refractivity contribution in [3.63, 3.8) is 0 Å². The van der Waals surface area contributed by atoms with Gasteiger partial charge in [0.15, 0.2) is 0 Å². The third kappa shape index (κ3) is 2.35. The third-order valence-corrected chi connectivity index (χ3v) is 4.90. The van der Waals surface area contributed by atoms with Crippen molar-refractivity contribution >= 4 is 5.97 Å². The number of carboxylic acid groups (broad SMARTS) is 1. The molecule has 3 atom stereocenters. The van der Waals surface area contributed by atoms with Crippen LogP contribution in [0.3, 0.4) is 0 Å².